The molecule has 0 saturated heterocycles. The number of anilines is 4. The molecular formula is C11H10FN7. The topological polar surface area (TPSA) is 126 Å². The van der Waals surface area contributed by atoms with Crippen molar-refractivity contribution in [3.63, 3.8) is 0 Å². The monoisotopic (exact) mass is 259 g/mol. The Morgan fingerprint density at radius 3 is 2.68 bits per heavy atom. The molecule has 96 valence electrons. The van der Waals surface area contributed by atoms with Crippen LogP contribution in [0, 0.1) is 17.1 Å². The molecule has 0 aliphatic heterocycles. The third-order valence-electron chi connectivity index (χ3n) is 2.28. The summed E-state index contributed by atoms with van der Waals surface area (Å²) in [5.41, 5.74) is 7.99. The Balaban J connectivity index is 2.39. The van der Waals surface area contributed by atoms with E-state index in [1.54, 1.807) is 12.1 Å². The first-order chi connectivity index (χ1) is 9.13. The van der Waals surface area contributed by atoms with Crippen LogP contribution in [-0.4, -0.2) is 9.97 Å². The Labute approximate surface area is 108 Å². The molecule has 19 heavy (non-hydrogen) atoms. The van der Waals surface area contributed by atoms with E-state index in [4.69, 9.17) is 16.8 Å². The van der Waals surface area contributed by atoms with Crippen LogP contribution in [0.5, 0.6) is 0 Å². The van der Waals surface area contributed by atoms with Crippen LogP contribution in [0.25, 0.3) is 0 Å². The Bertz CT molecular complexity index is 650. The van der Waals surface area contributed by atoms with E-state index in [-0.39, 0.29) is 17.2 Å². The molecule has 0 aliphatic carbocycles. The van der Waals surface area contributed by atoms with Crippen molar-refractivity contribution in [2.24, 2.45) is 5.84 Å². The molecule has 6 N–H and O–H groups in total. The van der Waals surface area contributed by atoms with Gasteiger partial charge in [0.15, 0.2) is 0 Å². The summed E-state index contributed by atoms with van der Waals surface area (Å²) in [6, 6.07) is 7.48. The van der Waals surface area contributed by atoms with Gasteiger partial charge in [-0.05, 0) is 12.1 Å². The first-order valence-corrected chi connectivity index (χ1v) is 5.21. The van der Waals surface area contributed by atoms with Gasteiger partial charge in [0.05, 0.1) is 5.69 Å². The lowest BCUT2D eigenvalue weighted by Crippen LogP contribution is -2.11. The number of benzene rings is 1. The van der Waals surface area contributed by atoms with E-state index in [9.17, 15) is 4.39 Å². The summed E-state index contributed by atoms with van der Waals surface area (Å²) in [6.45, 7) is 0. The fraction of sp³-hybridized carbons (Fsp3) is 0. The van der Waals surface area contributed by atoms with E-state index in [1.807, 2.05) is 0 Å². The number of hydrogen-bond donors (Lipinski definition) is 4. The van der Waals surface area contributed by atoms with Crippen LogP contribution >= 0.6 is 0 Å². The summed E-state index contributed by atoms with van der Waals surface area (Å²) in [5, 5.41) is 11.7. The second-order valence-electron chi connectivity index (χ2n) is 3.54. The molecule has 1 heterocycles. The van der Waals surface area contributed by atoms with E-state index in [1.165, 1.54) is 18.2 Å². The number of nitrogen functional groups attached to an aromatic ring is 2. The van der Waals surface area contributed by atoms with Crippen molar-refractivity contribution in [1.82, 2.24) is 9.97 Å². The first kappa shape index (κ1) is 12.5. The molecule has 1 aromatic carbocycles. The minimum atomic E-state index is -0.619. The Morgan fingerprint density at radius 1 is 1.26 bits per heavy atom. The third-order valence-corrected chi connectivity index (χ3v) is 2.28. The van der Waals surface area contributed by atoms with Crippen LogP contribution in [0.15, 0.2) is 24.3 Å². The molecule has 0 radical (unpaired) electrons. The number of rotatable bonds is 3. The molecule has 0 atom stereocenters. The molecule has 0 bridgehead atoms. The number of aromatic nitrogens is 2. The highest BCUT2D eigenvalue weighted by Crippen LogP contribution is 2.22. The highest BCUT2D eigenvalue weighted by molar-refractivity contribution is 5.66. The molecule has 8 heteroatoms. The number of nitriles is 1. The van der Waals surface area contributed by atoms with Crippen molar-refractivity contribution in [1.29, 1.82) is 5.26 Å². The number of hydrazine groups is 1. The van der Waals surface area contributed by atoms with Gasteiger partial charge in [-0.2, -0.15) is 15.2 Å². The lowest BCUT2D eigenvalue weighted by Gasteiger charge is -2.09. The van der Waals surface area contributed by atoms with Gasteiger partial charge in [-0.15, -0.1) is 0 Å². The van der Waals surface area contributed by atoms with E-state index < -0.39 is 5.82 Å². The summed E-state index contributed by atoms with van der Waals surface area (Å²) in [5.74, 6) is 5.19. The second kappa shape index (κ2) is 5.16. The SMILES string of the molecule is N#Cc1c(F)cccc1Nc1cc(NN)nc(N)n1. The van der Waals surface area contributed by atoms with Gasteiger partial charge in [-0.25, -0.2) is 10.2 Å². The number of nitrogens with two attached hydrogens (primary N) is 2. The van der Waals surface area contributed by atoms with Crippen LogP contribution in [0.1, 0.15) is 5.56 Å². The fourth-order valence-corrected chi connectivity index (χ4v) is 1.48. The molecule has 2 aromatic rings. The zero-order chi connectivity index (χ0) is 13.8. The quantitative estimate of drug-likeness (QED) is 0.480. The van der Waals surface area contributed by atoms with E-state index >= 15 is 0 Å². The molecule has 0 aliphatic rings. The molecule has 7 nitrogen and oxygen atoms in total. The van der Waals surface area contributed by atoms with Crippen LogP contribution in [0.3, 0.4) is 0 Å². The van der Waals surface area contributed by atoms with Crippen molar-refractivity contribution in [2.45, 2.75) is 0 Å². The summed E-state index contributed by atoms with van der Waals surface area (Å²) in [6.07, 6.45) is 0. The third kappa shape index (κ3) is 2.67. The highest BCUT2D eigenvalue weighted by atomic mass is 19.1. The van der Waals surface area contributed by atoms with Crippen LogP contribution in [-0.2, 0) is 0 Å². The predicted octanol–water partition coefficient (Wildman–Crippen LogP) is 1.10. The van der Waals surface area contributed by atoms with Crippen LogP contribution < -0.4 is 22.3 Å². The maximum atomic E-state index is 13.4. The normalized spacial score (nSPS) is 9.74. The van der Waals surface area contributed by atoms with Gasteiger partial charge in [0.2, 0.25) is 5.95 Å². The second-order valence-corrected chi connectivity index (χ2v) is 3.54. The summed E-state index contributed by atoms with van der Waals surface area (Å²) in [7, 11) is 0. The Hall–Kier alpha value is -2.92. The zero-order valence-electron chi connectivity index (χ0n) is 9.68. The van der Waals surface area contributed by atoms with Crippen molar-refractivity contribution in [2.75, 3.05) is 16.5 Å². The number of halogens is 1. The minimum absolute atomic E-state index is 0.00661. The van der Waals surface area contributed by atoms with Crippen molar-refractivity contribution in [3.05, 3.63) is 35.6 Å². The maximum Gasteiger partial charge on any atom is 0.223 e. The standard InChI is InChI=1S/C11H10FN7/c12-7-2-1-3-8(6(7)5-13)16-9-4-10(19-15)18-11(14)17-9/h1-4H,15H2,(H4,14,16,17,18,19). The molecule has 0 saturated carbocycles. The fourth-order valence-electron chi connectivity index (χ4n) is 1.48. The minimum Gasteiger partial charge on any atom is -0.368 e. The maximum absolute atomic E-state index is 13.4. The average Bonchev–Trinajstić information content (AvgIpc) is 2.38. The lowest BCUT2D eigenvalue weighted by atomic mass is 10.2. The van der Waals surface area contributed by atoms with Gasteiger partial charge in [0.1, 0.15) is 29.1 Å². The predicted molar refractivity (Wildman–Crippen MR) is 68.7 cm³/mol. The lowest BCUT2D eigenvalue weighted by molar-refractivity contribution is 0.624. The van der Waals surface area contributed by atoms with Crippen molar-refractivity contribution >= 4 is 23.3 Å². The Kier molecular flexibility index (Phi) is 3.40. The van der Waals surface area contributed by atoms with Crippen LogP contribution in [0.4, 0.5) is 27.7 Å². The van der Waals surface area contributed by atoms with Gasteiger partial charge in [0.25, 0.3) is 0 Å². The van der Waals surface area contributed by atoms with Gasteiger partial charge < -0.3 is 16.5 Å². The van der Waals surface area contributed by atoms with E-state index in [0.717, 1.165) is 0 Å². The first-order valence-electron chi connectivity index (χ1n) is 5.21. The highest BCUT2D eigenvalue weighted by Gasteiger charge is 2.09. The van der Waals surface area contributed by atoms with Gasteiger partial charge in [-0.3, -0.25) is 0 Å². The molecule has 0 spiro atoms. The van der Waals surface area contributed by atoms with E-state index in [0.29, 0.717) is 11.6 Å². The largest absolute Gasteiger partial charge is 0.368 e. The number of hydrogen-bond acceptors (Lipinski definition) is 7. The Morgan fingerprint density at radius 2 is 2.00 bits per heavy atom. The van der Waals surface area contributed by atoms with Gasteiger partial charge in [-0.1, -0.05) is 6.07 Å². The smallest absolute Gasteiger partial charge is 0.223 e. The average molecular weight is 259 g/mol. The van der Waals surface area contributed by atoms with E-state index in [2.05, 4.69) is 20.7 Å². The number of nitrogens with one attached hydrogen (secondary N) is 2. The summed E-state index contributed by atoms with van der Waals surface area (Å²) >= 11 is 0. The van der Waals surface area contributed by atoms with Gasteiger partial charge >= 0.3 is 0 Å². The number of nitrogens with zero attached hydrogens (tertiary/aromatic N) is 3. The van der Waals surface area contributed by atoms with Gasteiger partial charge in [0, 0.05) is 6.07 Å². The molecule has 2 rings (SSSR count). The van der Waals surface area contributed by atoms with Crippen LogP contribution in [0.2, 0.25) is 0 Å². The molecular weight excluding hydrogens is 249 g/mol. The summed E-state index contributed by atoms with van der Waals surface area (Å²) in [4.78, 5) is 7.72. The zero-order valence-corrected chi connectivity index (χ0v) is 9.68. The summed E-state index contributed by atoms with van der Waals surface area (Å²) < 4.78 is 13.4. The molecule has 0 amide bonds. The molecule has 0 unspecified atom stereocenters. The van der Waals surface area contributed by atoms with Crippen molar-refractivity contribution in [3.8, 4) is 6.07 Å². The molecule has 1 aromatic heterocycles. The molecule has 0 fully saturated rings. The van der Waals surface area contributed by atoms with Crippen molar-refractivity contribution < 1.29 is 4.39 Å².